The molecule has 1 rings (SSSR count). The van der Waals surface area contributed by atoms with E-state index >= 15 is 0 Å². The van der Waals surface area contributed by atoms with E-state index in [1.807, 2.05) is 13.8 Å². The number of hydrogen-bond donors (Lipinski definition) is 2. The molecule has 7 heteroatoms. The van der Waals surface area contributed by atoms with Gasteiger partial charge < -0.3 is 5.32 Å². The third-order valence-corrected chi connectivity index (χ3v) is 4.26. The normalized spacial score (nSPS) is 12.9. The first-order valence-corrected chi connectivity index (χ1v) is 7.88. The zero-order valence-electron chi connectivity index (χ0n) is 11.5. The van der Waals surface area contributed by atoms with Crippen molar-refractivity contribution in [1.82, 2.24) is 10.0 Å². The summed E-state index contributed by atoms with van der Waals surface area (Å²) in [6, 6.07) is 4.57. The minimum Gasteiger partial charge on any atom is -0.354 e. The van der Waals surface area contributed by atoms with Gasteiger partial charge in [-0.15, -0.1) is 0 Å². The summed E-state index contributed by atoms with van der Waals surface area (Å²) in [6.45, 7) is 3.82. The molecule has 112 valence electrons. The molecule has 0 fully saturated rings. The average Bonchev–Trinajstić information content (AvgIpc) is 2.38. The Labute approximate surface area is 118 Å². The van der Waals surface area contributed by atoms with E-state index in [1.165, 1.54) is 12.1 Å². The minimum absolute atomic E-state index is 0.00196. The number of nitrogens with one attached hydrogen (secondary N) is 2. The van der Waals surface area contributed by atoms with Crippen LogP contribution in [0.25, 0.3) is 0 Å². The lowest BCUT2D eigenvalue weighted by Gasteiger charge is -2.11. The number of rotatable bonds is 7. The molecule has 20 heavy (non-hydrogen) atoms. The zero-order chi connectivity index (χ0) is 15.2. The quantitative estimate of drug-likeness (QED) is 0.799. The lowest BCUT2D eigenvalue weighted by atomic mass is 10.2. The van der Waals surface area contributed by atoms with E-state index in [9.17, 15) is 17.6 Å². The van der Waals surface area contributed by atoms with Gasteiger partial charge in [0.25, 0.3) is 0 Å². The van der Waals surface area contributed by atoms with Gasteiger partial charge in [-0.2, -0.15) is 0 Å². The number of sulfonamides is 1. The van der Waals surface area contributed by atoms with Gasteiger partial charge in [0.1, 0.15) is 5.82 Å². The number of carbonyl (C=O) groups excluding carboxylic acids is 1. The molecule has 2 N–H and O–H groups in total. The molecular formula is C13H19FN2O3S. The van der Waals surface area contributed by atoms with E-state index < -0.39 is 15.8 Å². The Bertz CT molecular complexity index is 543. The predicted molar refractivity (Wildman–Crippen MR) is 74.1 cm³/mol. The molecule has 0 aliphatic rings. The lowest BCUT2D eigenvalue weighted by Crippen LogP contribution is -2.35. The van der Waals surface area contributed by atoms with Gasteiger partial charge in [-0.05, 0) is 37.6 Å². The summed E-state index contributed by atoms with van der Waals surface area (Å²) < 4.78 is 38.7. The number of hydrogen-bond acceptors (Lipinski definition) is 3. The van der Waals surface area contributed by atoms with E-state index in [4.69, 9.17) is 0 Å². The topological polar surface area (TPSA) is 75.3 Å². The molecule has 0 aromatic heterocycles. The largest absolute Gasteiger partial charge is 0.354 e. The Hall–Kier alpha value is -1.47. The molecule has 1 aromatic carbocycles. The molecule has 0 saturated carbocycles. The summed E-state index contributed by atoms with van der Waals surface area (Å²) >= 11 is 0. The fraction of sp³-hybridized carbons (Fsp3) is 0.462. The van der Waals surface area contributed by atoms with Crippen LogP contribution in [-0.4, -0.2) is 26.9 Å². The van der Waals surface area contributed by atoms with Gasteiger partial charge in [-0.1, -0.05) is 6.92 Å². The summed E-state index contributed by atoms with van der Waals surface area (Å²) in [5, 5.41) is 2.74. The van der Waals surface area contributed by atoms with Crippen molar-refractivity contribution in [3.8, 4) is 0 Å². The van der Waals surface area contributed by atoms with Gasteiger partial charge in [0.15, 0.2) is 0 Å². The fourth-order valence-electron chi connectivity index (χ4n) is 1.45. The van der Waals surface area contributed by atoms with Crippen LogP contribution in [0.2, 0.25) is 0 Å². The summed E-state index contributed by atoms with van der Waals surface area (Å²) in [4.78, 5) is 11.5. The van der Waals surface area contributed by atoms with Crippen molar-refractivity contribution < 1.29 is 17.6 Å². The lowest BCUT2D eigenvalue weighted by molar-refractivity contribution is -0.121. The van der Waals surface area contributed by atoms with Gasteiger partial charge in [0.05, 0.1) is 4.90 Å². The van der Waals surface area contributed by atoms with E-state index in [1.54, 1.807) is 0 Å². The molecule has 0 saturated heterocycles. The Morgan fingerprint density at radius 3 is 2.45 bits per heavy atom. The first-order valence-electron chi connectivity index (χ1n) is 6.39. The van der Waals surface area contributed by atoms with Gasteiger partial charge in [-0.3, -0.25) is 4.79 Å². The zero-order valence-corrected chi connectivity index (χ0v) is 12.3. The van der Waals surface area contributed by atoms with Crippen LogP contribution in [0.15, 0.2) is 29.2 Å². The molecule has 0 aliphatic carbocycles. The van der Waals surface area contributed by atoms with Crippen LogP contribution in [0, 0.1) is 5.82 Å². The Kier molecular flexibility index (Phi) is 6.09. The maximum atomic E-state index is 12.7. The van der Waals surface area contributed by atoms with Crippen molar-refractivity contribution in [2.45, 2.75) is 37.6 Å². The molecular weight excluding hydrogens is 283 g/mol. The van der Waals surface area contributed by atoms with Crippen LogP contribution in [-0.2, 0) is 14.8 Å². The SMILES string of the molecule is CCC(C)NC(=O)CCNS(=O)(=O)c1ccc(F)cc1. The first kappa shape index (κ1) is 16.6. The highest BCUT2D eigenvalue weighted by atomic mass is 32.2. The highest BCUT2D eigenvalue weighted by Gasteiger charge is 2.14. The number of benzene rings is 1. The van der Waals surface area contributed by atoms with Crippen molar-refractivity contribution in [2.24, 2.45) is 0 Å². The molecule has 0 radical (unpaired) electrons. The van der Waals surface area contributed by atoms with Crippen molar-refractivity contribution in [1.29, 1.82) is 0 Å². The van der Waals surface area contributed by atoms with Gasteiger partial charge in [-0.25, -0.2) is 17.5 Å². The van der Waals surface area contributed by atoms with Crippen molar-refractivity contribution in [3.63, 3.8) is 0 Å². The van der Waals surface area contributed by atoms with Crippen LogP contribution in [0.1, 0.15) is 26.7 Å². The van der Waals surface area contributed by atoms with E-state index in [-0.39, 0.29) is 29.8 Å². The highest BCUT2D eigenvalue weighted by Crippen LogP contribution is 2.09. The predicted octanol–water partition coefficient (Wildman–Crippen LogP) is 1.41. The van der Waals surface area contributed by atoms with Crippen LogP contribution in [0.3, 0.4) is 0 Å². The third-order valence-electron chi connectivity index (χ3n) is 2.79. The summed E-state index contributed by atoms with van der Waals surface area (Å²) in [5.41, 5.74) is 0. The molecule has 0 heterocycles. The average molecular weight is 302 g/mol. The van der Waals surface area contributed by atoms with Crippen LogP contribution in [0.4, 0.5) is 4.39 Å². The van der Waals surface area contributed by atoms with Gasteiger partial charge in [0, 0.05) is 19.0 Å². The second-order valence-electron chi connectivity index (χ2n) is 4.48. The summed E-state index contributed by atoms with van der Waals surface area (Å²) in [7, 11) is -3.70. The smallest absolute Gasteiger partial charge is 0.240 e. The van der Waals surface area contributed by atoms with Crippen LogP contribution in [0.5, 0.6) is 0 Å². The molecule has 1 unspecified atom stereocenters. The van der Waals surface area contributed by atoms with Crippen molar-refractivity contribution >= 4 is 15.9 Å². The molecule has 0 aliphatic heterocycles. The Morgan fingerprint density at radius 1 is 1.30 bits per heavy atom. The molecule has 5 nitrogen and oxygen atoms in total. The second-order valence-corrected chi connectivity index (χ2v) is 6.25. The number of halogens is 1. The van der Waals surface area contributed by atoms with Crippen LogP contribution < -0.4 is 10.0 Å². The Morgan fingerprint density at radius 2 is 1.90 bits per heavy atom. The monoisotopic (exact) mass is 302 g/mol. The molecule has 1 aromatic rings. The van der Waals surface area contributed by atoms with Crippen molar-refractivity contribution in [2.75, 3.05) is 6.54 Å². The first-order chi connectivity index (χ1) is 9.35. The standard InChI is InChI=1S/C13H19FN2O3S/c1-3-10(2)16-13(17)8-9-15-20(18,19)12-6-4-11(14)5-7-12/h4-7,10,15H,3,8-9H2,1-2H3,(H,16,17). The van der Waals surface area contributed by atoms with E-state index in [2.05, 4.69) is 10.0 Å². The maximum Gasteiger partial charge on any atom is 0.240 e. The summed E-state index contributed by atoms with van der Waals surface area (Å²) in [6.07, 6.45) is 0.873. The number of amides is 1. The van der Waals surface area contributed by atoms with Gasteiger partial charge in [0.2, 0.25) is 15.9 Å². The van der Waals surface area contributed by atoms with Crippen LogP contribution >= 0.6 is 0 Å². The summed E-state index contributed by atoms with van der Waals surface area (Å²) in [5.74, 6) is -0.710. The van der Waals surface area contributed by atoms with Crippen molar-refractivity contribution in [3.05, 3.63) is 30.1 Å². The molecule has 0 spiro atoms. The van der Waals surface area contributed by atoms with E-state index in [0.29, 0.717) is 0 Å². The Balaban J connectivity index is 2.48. The molecule has 1 atom stereocenters. The van der Waals surface area contributed by atoms with Gasteiger partial charge >= 0.3 is 0 Å². The molecule has 0 bridgehead atoms. The third kappa shape index (κ3) is 5.26. The highest BCUT2D eigenvalue weighted by molar-refractivity contribution is 7.89. The van der Waals surface area contributed by atoms with E-state index in [0.717, 1.165) is 18.6 Å². The minimum atomic E-state index is -3.70. The maximum absolute atomic E-state index is 12.7. The molecule has 1 amide bonds. The second kappa shape index (κ2) is 7.35. The fourth-order valence-corrected chi connectivity index (χ4v) is 2.48. The number of carbonyl (C=O) groups is 1.